The second-order valence-electron chi connectivity index (χ2n) is 6.23. The summed E-state index contributed by atoms with van der Waals surface area (Å²) in [4.78, 5) is 14.4. The number of carbonyl (C=O) groups excluding carboxylic acids is 1. The van der Waals surface area contributed by atoms with E-state index in [9.17, 15) is 4.79 Å². The Morgan fingerprint density at radius 3 is 2.71 bits per heavy atom. The molecule has 1 aliphatic heterocycles. The average Bonchev–Trinajstić information content (AvgIpc) is 3.04. The number of rotatable bonds is 5. The molecule has 5 heteroatoms. The zero-order chi connectivity index (χ0) is 16.8. The van der Waals surface area contributed by atoms with Gasteiger partial charge in [0.05, 0.1) is 12.1 Å². The molecule has 1 N–H and O–H groups in total. The molecule has 0 bridgehead atoms. The monoisotopic (exact) mass is 339 g/mol. The number of hydrogen-bond acceptors (Lipinski definition) is 4. The molecule has 1 fully saturated rings. The molecule has 0 unspecified atom stereocenters. The quantitative estimate of drug-likeness (QED) is 0.907. The second-order valence-corrected chi connectivity index (χ2v) is 7.15. The van der Waals surface area contributed by atoms with Crippen LogP contribution in [0.25, 0.3) is 0 Å². The maximum Gasteiger partial charge on any atom is 0.239 e. The third-order valence-corrected chi connectivity index (χ3v) is 5.31. The highest BCUT2D eigenvalue weighted by Gasteiger charge is 2.21. The van der Waals surface area contributed by atoms with Gasteiger partial charge in [0.25, 0.3) is 0 Å². The lowest BCUT2D eigenvalue weighted by Gasteiger charge is -2.31. The van der Waals surface area contributed by atoms with Gasteiger partial charge in [-0.25, -0.2) is 0 Å². The Labute approximate surface area is 146 Å². The van der Waals surface area contributed by atoms with E-state index < -0.39 is 0 Å². The Kier molecular flexibility index (Phi) is 5.63. The van der Waals surface area contributed by atoms with Gasteiger partial charge in [0.2, 0.25) is 5.91 Å². The SMILES string of the molecule is N#Cc1ccsc1NC(=O)CN1CCC(Cc2ccccc2)CC1. The van der Waals surface area contributed by atoms with Gasteiger partial charge in [0.15, 0.2) is 0 Å². The molecule has 124 valence electrons. The molecule has 0 radical (unpaired) electrons. The van der Waals surface area contributed by atoms with E-state index in [1.54, 1.807) is 6.07 Å². The minimum Gasteiger partial charge on any atom is -0.315 e. The summed E-state index contributed by atoms with van der Waals surface area (Å²) in [5.41, 5.74) is 1.94. The predicted molar refractivity (Wildman–Crippen MR) is 97.0 cm³/mol. The fraction of sp³-hybridized carbons (Fsp3) is 0.368. The summed E-state index contributed by atoms with van der Waals surface area (Å²) >= 11 is 1.39. The van der Waals surface area contributed by atoms with Crippen molar-refractivity contribution in [3.05, 3.63) is 52.9 Å². The number of benzene rings is 1. The van der Waals surface area contributed by atoms with E-state index in [1.165, 1.54) is 16.9 Å². The van der Waals surface area contributed by atoms with E-state index in [0.717, 1.165) is 32.4 Å². The van der Waals surface area contributed by atoms with Crippen LogP contribution < -0.4 is 5.32 Å². The third-order valence-electron chi connectivity index (χ3n) is 4.48. The Morgan fingerprint density at radius 2 is 2.00 bits per heavy atom. The predicted octanol–water partition coefficient (Wildman–Crippen LogP) is 3.51. The summed E-state index contributed by atoms with van der Waals surface area (Å²) in [6, 6.07) is 14.4. The highest BCUT2D eigenvalue weighted by atomic mass is 32.1. The van der Waals surface area contributed by atoms with Crippen molar-refractivity contribution in [1.29, 1.82) is 5.26 Å². The number of carbonyl (C=O) groups is 1. The molecule has 2 heterocycles. The molecule has 2 aromatic rings. The molecule has 1 saturated heterocycles. The van der Waals surface area contributed by atoms with Gasteiger partial charge in [-0.15, -0.1) is 11.3 Å². The van der Waals surface area contributed by atoms with Gasteiger partial charge >= 0.3 is 0 Å². The Hall–Kier alpha value is -2.16. The molecule has 0 aliphatic carbocycles. The Bertz CT molecular complexity index is 712. The van der Waals surface area contributed by atoms with Crippen molar-refractivity contribution in [2.75, 3.05) is 25.0 Å². The van der Waals surface area contributed by atoms with Crippen LogP contribution in [-0.2, 0) is 11.2 Å². The smallest absolute Gasteiger partial charge is 0.239 e. The molecule has 0 atom stereocenters. The first-order valence-electron chi connectivity index (χ1n) is 8.28. The van der Waals surface area contributed by atoms with Crippen molar-refractivity contribution in [2.45, 2.75) is 19.3 Å². The van der Waals surface area contributed by atoms with Crippen molar-refractivity contribution in [2.24, 2.45) is 5.92 Å². The lowest BCUT2D eigenvalue weighted by molar-refractivity contribution is -0.117. The molecular formula is C19H21N3OS. The number of nitrogens with zero attached hydrogens (tertiary/aromatic N) is 2. The topological polar surface area (TPSA) is 56.1 Å². The van der Waals surface area contributed by atoms with Crippen molar-refractivity contribution in [3.8, 4) is 6.07 Å². The third kappa shape index (κ3) is 4.44. The van der Waals surface area contributed by atoms with E-state index in [-0.39, 0.29) is 5.91 Å². The normalized spacial score (nSPS) is 15.8. The van der Waals surface area contributed by atoms with E-state index in [4.69, 9.17) is 5.26 Å². The summed E-state index contributed by atoms with van der Waals surface area (Å²) in [7, 11) is 0. The molecule has 4 nitrogen and oxygen atoms in total. The first-order valence-corrected chi connectivity index (χ1v) is 9.16. The first-order chi connectivity index (χ1) is 11.7. The summed E-state index contributed by atoms with van der Waals surface area (Å²) in [6.45, 7) is 2.32. The average molecular weight is 339 g/mol. The van der Waals surface area contributed by atoms with Crippen molar-refractivity contribution in [1.82, 2.24) is 4.90 Å². The Balaban J connectivity index is 1.44. The lowest BCUT2D eigenvalue weighted by Crippen LogP contribution is -2.39. The van der Waals surface area contributed by atoms with Crippen LogP contribution >= 0.6 is 11.3 Å². The van der Waals surface area contributed by atoms with Gasteiger partial charge in [0.1, 0.15) is 11.1 Å². The summed E-state index contributed by atoms with van der Waals surface area (Å²) in [5, 5.41) is 14.3. The number of likely N-dealkylation sites (tertiary alicyclic amines) is 1. The molecule has 3 rings (SSSR count). The highest BCUT2D eigenvalue weighted by molar-refractivity contribution is 7.14. The van der Waals surface area contributed by atoms with Crippen LogP contribution in [0.5, 0.6) is 0 Å². The van der Waals surface area contributed by atoms with E-state index in [2.05, 4.69) is 46.6 Å². The largest absolute Gasteiger partial charge is 0.315 e. The number of anilines is 1. The minimum absolute atomic E-state index is 0.0320. The second kappa shape index (κ2) is 8.09. The fourth-order valence-electron chi connectivity index (χ4n) is 3.16. The highest BCUT2D eigenvalue weighted by Crippen LogP contribution is 2.23. The first kappa shape index (κ1) is 16.7. The zero-order valence-corrected chi connectivity index (χ0v) is 14.4. The van der Waals surface area contributed by atoms with E-state index in [1.807, 2.05) is 5.38 Å². The summed E-state index contributed by atoms with van der Waals surface area (Å²) in [6.07, 6.45) is 3.39. The summed E-state index contributed by atoms with van der Waals surface area (Å²) in [5.74, 6) is 0.671. The maximum absolute atomic E-state index is 12.2. The van der Waals surface area contributed by atoms with Gasteiger partial charge in [-0.1, -0.05) is 30.3 Å². The van der Waals surface area contributed by atoms with Crippen LogP contribution in [0.3, 0.4) is 0 Å². The van der Waals surface area contributed by atoms with Crippen LogP contribution in [0.4, 0.5) is 5.00 Å². The van der Waals surface area contributed by atoms with Crippen LogP contribution in [0.15, 0.2) is 41.8 Å². The molecule has 1 aromatic carbocycles. The van der Waals surface area contributed by atoms with Gasteiger partial charge in [-0.3, -0.25) is 9.69 Å². The molecule has 0 spiro atoms. The molecule has 1 amide bonds. The zero-order valence-electron chi connectivity index (χ0n) is 13.6. The van der Waals surface area contributed by atoms with Crippen LogP contribution in [0.1, 0.15) is 24.0 Å². The molecular weight excluding hydrogens is 318 g/mol. The molecule has 0 saturated carbocycles. The number of hydrogen-bond donors (Lipinski definition) is 1. The molecule has 24 heavy (non-hydrogen) atoms. The van der Waals surface area contributed by atoms with Gasteiger partial charge in [0, 0.05) is 0 Å². The van der Waals surface area contributed by atoms with Crippen LogP contribution in [0, 0.1) is 17.2 Å². The van der Waals surface area contributed by atoms with E-state index in [0.29, 0.717) is 23.0 Å². The summed E-state index contributed by atoms with van der Waals surface area (Å²) < 4.78 is 0. The van der Waals surface area contributed by atoms with Gasteiger partial charge < -0.3 is 5.32 Å². The van der Waals surface area contributed by atoms with Crippen molar-refractivity contribution < 1.29 is 4.79 Å². The van der Waals surface area contributed by atoms with Gasteiger partial charge in [-0.05, 0) is 55.3 Å². The van der Waals surface area contributed by atoms with Gasteiger partial charge in [-0.2, -0.15) is 5.26 Å². The van der Waals surface area contributed by atoms with Crippen molar-refractivity contribution >= 4 is 22.2 Å². The fourth-order valence-corrected chi connectivity index (χ4v) is 3.91. The Morgan fingerprint density at radius 1 is 1.25 bits per heavy atom. The number of thiophene rings is 1. The maximum atomic E-state index is 12.2. The lowest BCUT2D eigenvalue weighted by atomic mass is 9.90. The molecule has 1 aromatic heterocycles. The number of piperidine rings is 1. The standard InChI is InChI=1S/C19H21N3OS/c20-13-17-8-11-24-19(17)21-18(23)14-22-9-6-16(7-10-22)12-15-4-2-1-3-5-15/h1-5,8,11,16H,6-7,9-10,12,14H2,(H,21,23). The van der Waals surface area contributed by atoms with Crippen LogP contribution in [0.2, 0.25) is 0 Å². The van der Waals surface area contributed by atoms with Crippen molar-refractivity contribution in [3.63, 3.8) is 0 Å². The van der Waals surface area contributed by atoms with E-state index >= 15 is 0 Å². The number of amides is 1. The van der Waals surface area contributed by atoms with Crippen LogP contribution in [-0.4, -0.2) is 30.4 Å². The minimum atomic E-state index is -0.0320. The number of nitriles is 1. The molecule has 1 aliphatic rings. The number of nitrogens with one attached hydrogen (secondary N) is 1.